The standard InChI is InChI=1S/C20H28N4O/c1-4-18-19(8-9-22-20(18)15(2)21)25-17-7-5-6-16(14-17)24-12-10-23(3)11-13-24/h5-9,14-15H,4,10-13,21H2,1-3H3. The van der Waals surface area contributed by atoms with E-state index in [-0.39, 0.29) is 6.04 Å². The average Bonchev–Trinajstić information content (AvgIpc) is 2.62. The van der Waals surface area contributed by atoms with Gasteiger partial charge in [-0.05, 0) is 38.6 Å². The second-order valence-corrected chi connectivity index (χ2v) is 6.70. The number of anilines is 1. The lowest BCUT2D eigenvalue weighted by atomic mass is 10.1. The van der Waals surface area contributed by atoms with Gasteiger partial charge in [-0.15, -0.1) is 0 Å². The molecule has 1 unspecified atom stereocenters. The minimum atomic E-state index is -0.102. The molecule has 1 aromatic heterocycles. The molecule has 0 saturated carbocycles. The second-order valence-electron chi connectivity index (χ2n) is 6.70. The minimum absolute atomic E-state index is 0.102. The van der Waals surface area contributed by atoms with Crippen LogP contribution in [0.2, 0.25) is 0 Å². The maximum atomic E-state index is 6.21. The zero-order valence-electron chi connectivity index (χ0n) is 15.4. The number of benzene rings is 1. The van der Waals surface area contributed by atoms with Crippen LogP contribution in [0.25, 0.3) is 0 Å². The molecule has 2 heterocycles. The smallest absolute Gasteiger partial charge is 0.134 e. The molecule has 1 aliphatic heterocycles. The fourth-order valence-corrected chi connectivity index (χ4v) is 3.27. The Hall–Kier alpha value is -2.11. The zero-order chi connectivity index (χ0) is 17.8. The Bertz CT molecular complexity index is 709. The van der Waals surface area contributed by atoms with Gasteiger partial charge in [0.05, 0.1) is 5.69 Å². The van der Waals surface area contributed by atoms with Crippen molar-refractivity contribution in [1.82, 2.24) is 9.88 Å². The van der Waals surface area contributed by atoms with Gasteiger partial charge in [0.2, 0.25) is 0 Å². The predicted molar refractivity (Wildman–Crippen MR) is 102 cm³/mol. The molecular formula is C20H28N4O. The number of aromatic nitrogens is 1. The predicted octanol–water partition coefficient (Wildman–Crippen LogP) is 3.21. The molecule has 1 saturated heterocycles. The number of rotatable bonds is 5. The minimum Gasteiger partial charge on any atom is -0.457 e. The van der Waals surface area contributed by atoms with E-state index in [0.717, 1.165) is 55.4 Å². The Morgan fingerprint density at radius 2 is 1.96 bits per heavy atom. The fourth-order valence-electron chi connectivity index (χ4n) is 3.27. The van der Waals surface area contributed by atoms with E-state index in [1.54, 1.807) is 6.20 Å². The first-order valence-corrected chi connectivity index (χ1v) is 9.03. The second kappa shape index (κ2) is 7.85. The zero-order valence-corrected chi connectivity index (χ0v) is 15.4. The molecule has 134 valence electrons. The molecule has 5 nitrogen and oxygen atoms in total. The first-order chi connectivity index (χ1) is 12.1. The highest BCUT2D eigenvalue weighted by molar-refractivity contribution is 5.52. The molecular weight excluding hydrogens is 312 g/mol. The van der Waals surface area contributed by atoms with Crippen LogP contribution in [0.1, 0.15) is 31.1 Å². The molecule has 0 aliphatic carbocycles. The SMILES string of the molecule is CCc1c(Oc2cccc(N3CCN(C)CC3)c2)ccnc1C(C)N. The molecule has 1 aromatic carbocycles. The van der Waals surface area contributed by atoms with Crippen molar-refractivity contribution in [3.63, 3.8) is 0 Å². The average molecular weight is 340 g/mol. The highest BCUT2D eigenvalue weighted by Crippen LogP contribution is 2.31. The van der Waals surface area contributed by atoms with E-state index in [9.17, 15) is 0 Å². The van der Waals surface area contributed by atoms with E-state index in [1.807, 2.05) is 19.1 Å². The summed E-state index contributed by atoms with van der Waals surface area (Å²) in [6.07, 6.45) is 2.62. The van der Waals surface area contributed by atoms with Crippen LogP contribution in [0.3, 0.4) is 0 Å². The van der Waals surface area contributed by atoms with E-state index in [2.05, 4.69) is 47.0 Å². The van der Waals surface area contributed by atoms with E-state index in [4.69, 9.17) is 10.5 Å². The monoisotopic (exact) mass is 340 g/mol. The van der Waals surface area contributed by atoms with Crippen molar-refractivity contribution >= 4 is 5.69 Å². The number of nitrogens with two attached hydrogens (primary N) is 1. The first-order valence-electron chi connectivity index (χ1n) is 9.03. The third-order valence-corrected chi connectivity index (χ3v) is 4.74. The summed E-state index contributed by atoms with van der Waals surface area (Å²) in [7, 11) is 2.17. The van der Waals surface area contributed by atoms with E-state index < -0.39 is 0 Å². The molecule has 1 atom stereocenters. The third kappa shape index (κ3) is 4.11. The van der Waals surface area contributed by atoms with Crippen molar-refractivity contribution in [2.45, 2.75) is 26.3 Å². The Morgan fingerprint density at radius 1 is 1.20 bits per heavy atom. The van der Waals surface area contributed by atoms with Gasteiger partial charge in [-0.25, -0.2) is 0 Å². The Kier molecular flexibility index (Phi) is 5.56. The Balaban J connectivity index is 1.82. The van der Waals surface area contributed by atoms with Crippen molar-refractivity contribution in [2.75, 3.05) is 38.1 Å². The number of hydrogen-bond donors (Lipinski definition) is 1. The van der Waals surface area contributed by atoms with Crippen LogP contribution < -0.4 is 15.4 Å². The van der Waals surface area contributed by atoms with Crippen molar-refractivity contribution in [1.29, 1.82) is 0 Å². The van der Waals surface area contributed by atoms with Gasteiger partial charge in [0.15, 0.2) is 0 Å². The van der Waals surface area contributed by atoms with Gasteiger partial charge in [0, 0.05) is 55.7 Å². The molecule has 1 aliphatic rings. The van der Waals surface area contributed by atoms with Gasteiger partial charge < -0.3 is 20.3 Å². The number of piperazine rings is 1. The van der Waals surface area contributed by atoms with E-state index >= 15 is 0 Å². The number of ether oxygens (including phenoxy) is 1. The van der Waals surface area contributed by atoms with Gasteiger partial charge in [-0.2, -0.15) is 0 Å². The lowest BCUT2D eigenvalue weighted by molar-refractivity contribution is 0.313. The summed E-state index contributed by atoms with van der Waals surface area (Å²) in [6, 6.07) is 10.2. The van der Waals surface area contributed by atoms with E-state index in [0.29, 0.717) is 0 Å². The summed E-state index contributed by atoms with van der Waals surface area (Å²) in [5.41, 5.74) is 9.27. The summed E-state index contributed by atoms with van der Waals surface area (Å²) in [5.74, 6) is 1.70. The normalized spacial score (nSPS) is 16.7. The quantitative estimate of drug-likeness (QED) is 0.906. The van der Waals surface area contributed by atoms with Crippen molar-refractivity contribution in [3.05, 3.63) is 47.8 Å². The molecule has 0 bridgehead atoms. The van der Waals surface area contributed by atoms with Crippen LogP contribution >= 0.6 is 0 Å². The van der Waals surface area contributed by atoms with Crippen LogP contribution in [0.5, 0.6) is 11.5 Å². The Labute approximate surface area is 150 Å². The molecule has 25 heavy (non-hydrogen) atoms. The molecule has 3 rings (SSSR count). The summed E-state index contributed by atoms with van der Waals surface area (Å²) in [5, 5.41) is 0. The molecule has 0 radical (unpaired) electrons. The first kappa shape index (κ1) is 17.7. The Morgan fingerprint density at radius 3 is 2.64 bits per heavy atom. The van der Waals surface area contributed by atoms with Crippen LogP contribution in [-0.4, -0.2) is 43.1 Å². The summed E-state index contributed by atoms with van der Waals surface area (Å²) >= 11 is 0. The van der Waals surface area contributed by atoms with Gasteiger partial charge in [-0.1, -0.05) is 13.0 Å². The fraction of sp³-hybridized carbons (Fsp3) is 0.450. The van der Waals surface area contributed by atoms with Crippen LogP contribution in [0, 0.1) is 0 Å². The lowest BCUT2D eigenvalue weighted by Gasteiger charge is -2.34. The number of likely N-dealkylation sites (N-methyl/N-ethyl adjacent to an activating group) is 1. The highest BCUT2D eigenvalue weighted by Gasteiger charge is 2.16. The molecule has 5 heteroatoms. The summed E-state index contributed by atoms with van der Waals surface area (Å²) in [6.45, 7) is 8.34. The van der Waals surface area contributed by atoms with E-state index in [1.165, 1.54) is 5.69 Å². The molecule has 0 spiro atoms. The van der Waals surface area contributed by atoms with Gasteiger partial charge in [-0.3, -0.25) is 4.98 Å². The number of hydrogen-bond acceptors (Lipinski definition) is 5. The maximum absolute atomic E-state index is 6.21. The largest absolute Gasteiger partial charge is 0.457 e. The van der Waals surface area contributed by atoms with Crippen molar-refractivity contribution in [3.8, 4) is 11.5 Å². The molecule has 0 amide bonds. The van der Waals surface area contributed by atoms with Crippen LogP contribution in [0.4, 0.5) is 5.69 Å². The molecule has 2 aromatic rings. The topological polar surface area (TPSA) is 54.6 Å². The lowest BCUT2D eigenvalue weighted by Crippen LogP contribution is -2.44. The molecule has 2 N–H and O–H groups in total. The van der Waals surface area contributed by atoms with Crippen LogP contribution in [-0.2, 0) is 6.42 Å². The summed E-state index contributed by atoms with van der Waals surface area (Å²) < 4.78 is 6.21. The van der Waals surface area contributed by atoms with Gasteiger partial charge in [0.25, 0.3) is 0 Å². The van der Waals surface area contributed by atoms with Gasteiger partial charge in [0.1, 0.15) is 11.5 Å². The van der Waals surface area contributed by atoms with Crippen molar-refractivity contribution < 1.29 is 4.74 Å². The number of nitrogens with zero attached hydrogens (tertiary/aromatic N) is 3. The van der Waals surface area contributed by atoms with Gasteiger partial charge >= 0.3 is 0 Å². The maximum Gasteiger partial charge on any atom is 0.134 e. The van der Waals surface area contributed by atoms with Crippen LogP contribution in [0.15, 0.2) is 36.5 Å². The number of pyridine rings is 1. The highest BCUT2D eigenvalue weighted by atomic mass is 16.5. The van der Waals surface area contributed by atoms with Crippen molar-refractivity contribution in [2.24, 2.45) is 5.73 Å². The summed E-state index contributed by atoms with van der Waals surface area (Å²) in [4.78, 5) is 9.20. The third-order valence-electron chi connectivity index (χ3n) is 4.74. The molecule has 1 fully saturated rings.